The second-order valence-electron chi connectivity index (χ2n) is 3.93. The maximum atomic E-state index is 12.0. The van der Waals surface area contributed by atoms with Crippen molar-refractivity contribution in [3.8, 4) is 0 Å². The Balaban J connectivity index is 2.75. The molecule has 0 radical (unpaired) electrons. The van der Waals surface area contributed by atoms with Gasteiger partial charge >= 0.3 is 12.0 Å². The number of nitro groups is 1. The van der Waals surface area contributed by atoms with Gasteiger partial charge in [0.1, 0.15) is 25.9 Å². The van der Waals surface area contributed by atoms with Gasteiger partial charge in [-0.05, 0) is 16.8 Å². The molecule has 0 aliphatic heterocycles. The molecule has 1 aromatic rings. The molecule has 1 N–H and O–H groups in total. The van der Waals surface area contributed by atoms with Gasteiger partial charge in [0.25, 0.3) is 5.82 Å². The van der Waals surface area contributed by atoms with E-state index in [-0.39, 0.29) is 12.4 Å². The van der Waals surface area contributed by atoms with Gasteiger partial charge in [-0.15, -0.1) is 0 Å². The molecule has 0 unspecified atom stereocenters. The second-order valence-corrected chi connectivity index (χ2v) is 3.93. The molecule has 0 fully saturated rings. The Bertz CT molecular complexity index is 515. The summed E-state index contributed by atoms with van der Waals surface area (Å²) in [5.41, 5.74) is 0. The highest BCUT2D eigenvalue weighted by molar-refractivity contribution is 5.75. The molecule has 1 amide bonds. The number of carbonyl (C=O) groups excluding carboxylic acids is 1. The van der Waals surface area contributed by atoms with Gasteiger partial charge in [0, 0.05) is 6.61 Å². The van der Waals surface area contributed by atoms with Crippen molar-refractivity contribution in [2.75, 3.05) is 13.2 Å². The summed E-state index contributed by atoms with van der Waals surface area (Å²) in [7, 11) is 0. The molecule has 0 bridgehead atoms. The Morgan fingerprint density at radius 2 is 2.24 bits per heavy atom. The molecule has 0 saturated carbocycles. The Hall–Kier alpha value is -2.17. The van der Waals surface area contributed by atoms with E-state index in [1.54, 1.807) is 12.2 Å². The molecular formula is C10H13F3N4O4. The number of alkyl halides is 3. The fourth-order valence-electron chi connectivity index (χ4n) is 1.38. The minimum atomic E-state index is -4.52. The van der Waals surface area contributed by atoms with Gasteiger partial charge < -0.3 is 20.2 Å². The van der Waals surface area contributed by atoms with Crippen molar-refractivity contribution in [2.45, 2.75) is 26.3 Å². The van der Waals surface area contributed by atoms with Crippen LogP contribution in [0.1, 0.15) is 12.7 Å². The molecule has 0 aliphatic rings. The lowest BCUT2D eigenvalue weighted by molar-refractivity contribution is -0.389. The van der Waals surface area contributed by atoms with Gasteiger partial charge in [0.15, 0.2) is 0 Å². The molecule has 8 nitrogen and oxygen atoms in total. The largest absolute Gasteiger partial charge is 0.405 e. The Morgan fingerprint density at radius 3 is 2.76 bits per heavy atom. The van der Waals surface area contributed by atoms with Crippen LogP contribution in [0.15, 0.2) is 6.20 Å². The fourth-order valence-corrected chi connectivity index (χ4v) is 1.38. The number of imidazole rings is 1. The maximum Gasteiger partial charge on any atom is 0.405 e. The fraction of sp³-hybridized carbons (Fsp3) is 0.600. The SMILES string of the molecule is CCOCc1nc([N+](=O)[O-])cn1CC(=O)NCC(F)(F)F. The van der Waals surface area contributed by atoms with Gasteiger partial charge in [0.05, 0.1) is 0 Å². The molecular weight excluding hydrogens is 297 g/mol. The maximum absolute atomic E-state index is 12.0. The minimum absolute atomic E-state index is 0.0864. The number of amides is 1. The van der Waals surface area contributed by atoms with E-state index in [4.69, 9.17) is 4.74 Å². The summed E-state index contributed by atoms with van der Waals surface area (Å²) in [5, 5.41) is 12.3. The summed E-state index contributed by atoms with van der Waals surface area (Å²) < 4.78 is 42.0. The second kappa shape index (κ2) is 7.02. The van der Waals surface area contributed by atoms with Gasteiger partial charge in [-0.3, -0.25) is 9.36 Å². The first-order valence-corrected chi connectivity index (χ1v) is 5.84. The van der Waals surface area contributed by atoms with Crippen molar-refractivity contribution < 1.29 is 27.6 Å². The van der Waals surface area contributed by atoms with E-state index in [2.05, 4.69) is 4.98 Å². The first-order valence-electron chi connectivity index (χ1n) is 5.84. The third-order valence-corrected chi connectivity index (χ3v) is 2.27. The number of rotatable bonds is 7. The summed E-state index contributed by atoms with van der Waals surface area (Å²) >= 11 is 0. The van der Waals surface area contributed by atoms with E-state index in [1.165, 1.54) is 0 Å². The highest BCUT2D eigenvalue weighted by atomic mass is 19.4. The number of halogens is 3. The predicted octanol–water partition coefficient (Wildman–Crippen LogP) is 1.01. The molecule has 11 heteroatoms. The topological polar surface area (TPSA) is 99.3 Å². The first-order chi connectivity index (χ1) is 9.73. The summed E-state index contributed by atoms with van der Waals surface area (Å²) in [4.78, 5) is 24.9. The molecule has 1 aromatic heterocycles. The zero-order valence-corrected chi connectivity index (χ0v) is 11.0. The van der Waals surface area contributed by atoms with Gasteiger partial charge in [-0.2, -0.15) is 13.2 Å². The summed E-state index contributed by atoms with van der Waals surface area (Å²) in [6.07, 6.45) is -3.55. The minimum Gasteiger partial charge on any atom is -0.371 e. The quantitative estimate of drug-likeness (QED) is 0.598. The van der Waals surface area contributed by atoms with Crippen molar-refractivity contribution in [1.82, 2.24) is 14.9 Å². The number of ether oxygens (including phenoxy) is 1. The monoisotopic (exact) mass is 310 g/mol. The van der Waals surface area contributed by atoms with Crippen LogP contribution in [0.2, 0.25) is 0 Å². The zero-order valence-electron chi connectivity index (χ0n) is 11.0. The number of carbonyl (C=O) groups is 1. The van der Waals surface area contributed by atoms with Crippen LogP contribution in [0.25, 0.3) is 0 Å². The lowest BCUT2D eigenvalue weighted by Crippen LogP contribution is -2.36. The van der Waals surface area contributed by atoms with Gasteiger partial charge in [-0.1, -0.05) is 0 Å². The lowest BCUT2D eigenvalue weighted by Gasteiger charge is -2.09. The van der Waals surface area contributed by atoms with Crippen LogP contribution in [0.3, 0.4) is 0 Å². The van der Waals surface area contributed by atoms with Crippen molar-refractivity contribution in [2.24, 2.45) is 0 Å². The van der Waals surface area contributed by atoms with E-state index in [0.717, 1.165) is 10.8 Å². The van der Waals surface area contributed by atoms with E-state index >= 15 is 0 Å². The predicted molar refractivity (Wildman–Crippen MR) is 63.3 cm³/mol. The number of nitrogens with one attached hydrogen (secondary N) is 1. The van der Waals surface area contributed by atoms with Crippen molar-refractivity contribution in [3.05, 3.63) is 22.1 Å². The smallest absolute Gasteiger partial charge is 0.371 e. The highest BCUT2D eigenvalue weighted by Gasteiger charge is 2.28. The van der Waals surface area contributed by atoms with Crippen LogP contribution in [-0.4, -0.2) is 39.7 Å². The number of hydrogen-bond acceptors (Lipinski definition) is 5. The average Bonchev–Trinajstić information content (AvgIpc) is 2.76. The number of hydrogen-bond donors (Lipinski definition) is 1. The van der Waals surface area contributed by atoms with Crippen LogP contribution in [0.5, 0.6) is 0 Å². The van der Waals surface area contributed by atoms with E-state index in [1.807, 2.05) is 0 Å². The highest BCUT2D eigenvalue weighted by Crippen LogP contribution is 2.13. The van der Waals surface area contributed by atoms with Crippen molar-refractivity contribution >= 4 is 11.7 Å². The Labute approximate surface area is 117 Å². The molecule has 0 aromatic carbocycles. The normalized spacial score (nSPS) is 11.4. The van der Waals surface area contributed by atoms with Gasteiger partial charge in [0.2, 0.25) is 5.91 Å². The summed E-state index contributed by atoms with van der Waals surface area (Å²) in [5.74, 6) is -1.35. The molecule has 0 atom stereocenters. The standard InChI is InChI=1S/C10H13F3N4O4/c1-2-21-5-8-15-7(17(19)20)3-16(8)4-9(18)14-6-10(11,12)13/h3H,2,4-6H2,1H3,(H,14,18). The van der Waals surface area contributed by atoms with Crippen LogP contribution < -0.4 is 5.32 Å². The molecule has 0 aliphatic carbocycles. The van der Waals surface area contributed by atoms with Crippen LogP contribution in [-0.2, 0) is 22.7 Å². The van der Waals surface area contributed by atoms with Gasteiger partial charge in [-0.25, -0.2) is 0 Å². The zero-order chi connectivity index (χ0) is 16.0. The average molecular weight is 310 g/mol. The van der Waals surface area contributed by atoms with E-state index in [9.17, 15) is 28.1 Å². The van der Waals surface area contributed by atoms with E-state index in [0.29, 0.717) is 6.61 Å². The Kier molecular flexibility index (Phi) is 5.64. The molecule has 0 spiro atoms. The summed E-state index contributed by atoms with van der Waals surface area (Å²) in [6.45, 7) is -0.0572. The molecule has 21 heavy (non-hydrogen) atoms. The molecule has 118 valence electrons. The third kappa shape index (κ3) is 5.77. The van der Waals surface area contributed by atoms with Crippen LogP contribution >= 0.6 is 0 Å². The van der Waals surface area contributed by atoms with Crippen molar-refractivity contribution in [3.63, 3.8) is 0 Å². The molecule has 1 heterocycles. The van der Waals surface area contributed by atoms with Crippen LogP contribution in [0.4, 0.5) is 19.0 Å². The third-order valence-electron chi connectivity index (χ3n) is 2.27. The molecule has 0 saturated heterocycles. The summed E-state index contributed by atoms with van der Waals surface area (Å²) in [6, 6.07) is 0. The number of aromatic nitrogens is 2. The van der Waals surface area contributed by atoms with E-state index < -0.39 is 35.9 Å². The molecule has 1 rings (SSSR count). The van der Waals surface area contributed by atoms with Crippen LogP contribution in [0, 0.1) is 10.1 Å². The van der Waals surface area contributed by atoms with Crippen molar-refractivity contribution in [1.29, 1.82) is 0 Å². The lowest BCUT2D eigenvalue weighted by atomic mass is 10.5. The number of nitrogens with zero attached hydrogens (tertiary/aromatic N) is 3. The Morgan fingerprint density at radius 1 is 1.57 bits per heavy atom. The first kappa shape index (κ1) is 16.9.